The predicted octanol–water partition coefficient (Wildman–Crippen LogP) is 2.80. The first-order valence-corrected chi connectivity index (χ1v) is 5.58. The Labute approximate surface area is 101 Å². The predicted molar refractivity (Wildman–Crippen MR) is 65.8 cm³/mol. The van der Waals surface area contributed by atoms with Crippen molar-refractivity contribution < 1.29 is 14.3 Å². The van der Waals surface area contributed by atoms with E-state index in [-0.39, 0.29) is 5.78 Å². The first-order chi connectivity index (χ1) is 8.00. The van der Waals surface area contributed by atoms with E-state index in [9.17, 15) is 4.79 Å². The Hall–Kier alpha value is -1.77. The van der Waals surface area contributed by atoms with Gasteiger partial charge in [-0.25, -0.2) is 0 Å². The molecular weight excluding hydrogens is 216 g/mol. The van der Waals surface area contributed by atoms with Gasteiger partial charge in [-0.05, 0) is 38.1 Å². The monoisotopic (exact) mass is 232 g/mol. The molecule has 0 N–H and O–H groups in total. The molecule has 2 rings (SSSR count). The molecule has 0 aromatic heterocycles. The Bertz CT molecular complexity index is 455. The zero-order valence-electron chi connectivity index (χ0n) is 10.3. The third kappa shape index (κ3) is 2.67. The van der Waals surface area contributed by atoms with Gasteiger partial charge >= 0.3 is 0 Å². The van der Waals surface area contributed by atoms with Crippen LogP contribution in [-0.4, -0.2) is 18.5 Å². The first kappa shape index (κ1) is 11.7. The van der Waals surface area contributed by atoms with E-state index in [1.807, 2.05) is 38.1 Å². The molecule has 1 aliphatic rings. The van der Waals surface area contributed by atoms with Crippen molar-refractivity contribution in [2.24, 2.45) is 0 Å². The number of ether oxygens (including phenoxy) is 2. The van der Waals surface area contributed by atoms with Gasteiger partial charge in [0.25, 0.3) is 0 Å². The Kier molecular flexibility index (Phi) is 2.92. The Morgan fingerprint density at radius 2 is 1.88 bits per heavy atom. The van der Waals surface area contributed by atoms with Gasteiger partial charge in [-0.1, -0.05) is 0 Å². The number of ketones is 1. The van der Waals surface area contributed by atoms with E-state index in [4.69, 9.17) is 9.47 Å². The van der Waals surface area contributed by atoms with Crippen molar-refractivity contribution in [1.82, 2.24) is 0 Å². The van der Waals surface area contributed by atoms with Crippen LogP contribution >= 0.6 is 0 Å². The molecule has 0 atom stereocenters. The fraction of sp³-hybridized carbons (Fsp3) is 0.357. The van der Waals surface area contributed by atoms with Crippen LogP contribution in [0.3, 0.4) is 0 Å². The quantitative estimate of drug-likeness (QED) is 0.786. The maximum Gasteiger partial charge on any atom is 0.163 e. The van der Waals surface area contributed by atoms with Crippen molar-refractivity contribution in [3.8, 4) is 5.75 Å². The lowest BCUT2D eigenvalue weighted by Gasteiger charge is -2.30. The van der Waals surface area contributed by atoms with Crippen LogP contribution in [0.1, 0.15) is 25.8 Å². The molecule has 1 heterocycles. The number of methoxy groups -OCH3 is 1. The molecule has 0 aliphatic carbocycles. The van der Waals surface area contributed by atoms with Gasteiger partial charge < -0.3 is 9.47 Å². The third-order valence-electron chi connectivity index (χ3n) is 2.65. The topological polar surface area (TPSA) is 35.5 Å². The van der Waals surface area contributed by atoms with E-state index in [0.717, 1.165) is 11.3 Å². The molecule has 1 aromatic rings. The minimum atomic E-state index is -0.429. The number of carbonyl (C=O) groups is 1. The van der Waals surface area contributed by atoms with Gasteiger partial charge in [0.05, 0.1) is 7.11 Å². The summed E-state index contributed by atoms with van der Waals surface area (Å²) >= 11 is 0. The highest BCUT2D eigenvalue weighted by Gasteiger charge is 2.29. The van der Waals surface area contributed by atoms with Crippen molar-refractivity contribution in [3.05, 3.63) is 35.9 Å². The second-order valence-corrected chi connectivity index (χ2v) is 4.74. The van der Waals surface area contributed by atoms with Gasteiger partial charge in [0.1, 0.15) is 17.1 Å². The SMILES string of the molecule is COc1ccc(C2=CC(=O)CC(C)(C)O2)cc1. The van der Waals surface area contributed by atoms with Crippen LogP contribution < -0.4 is 4.74 Å². The lowest BCUT2D eigenvalue weighted by Crippen LogP contribution is -2.30. The normalized spacial score (nSPS) is 18.3. The standard InChI is InChI=1S/C14H16O3/c1-14(2)9-11(15)8-13(17-14)10-4-6-12(16-3)7-5-10/h4-8H,9H2,1-3H3. The average molecular weight is 232 g/mol. The molecule has 90 valence electrons. The molecule has 3 heteroatoms. The lowest BCUT2D eigenvalue weighted by atomic mass is 9.97. The summed E-state index contributed by atoms with van der Waals surface area (Å²) in [5, 5.41) is 0. The molecule has 0 spiro atoms. The average Bonchev–Trinajstić information content (AvgIpc) is 2.26. The summed E-state index contributed by atoms with van der Waals surface area (Å²) in [5.41, 5.74) is 0.466. The van der Waals surface area contributed by atoms with Crippen LogP contribution in [0.25, 0.3) is 5.76 Å². The molecule has 0 bridgehead atoms. The van der Waals surface area contributed by atoms with Gasteiger partial charge in [-0.15, -0.1) is 0 Å². The van der Waals surface area contributed by atoms with E-state index >= 15 is 0 Å². The second kappa shape index (κ2) is 4.24. The second-order valence-electron chi connectivity index (χ2n) is 4.74. The van der Waals surface area contributed by atoms with Crippen LogP contribution in [0.5, 0.6) is 5.75 Å². The minimum absolute atomic E-state index is 0.104. The minimum Gasteiger partial charge on any atom is -0.497 e. The van der Waals surface area contributed by atoms with Crippen molar-refractivity contribution in [3.63, 3.8) is 0 Å². The highest BCUT2D eigenvalue weighted by Crippen LogP contribution is 2.31. The number of allylic oxidation sites excluding steroid dienone is 1. The molecule has 0 radical (unpaired) electrons. The fourth-order valence-corrected chi connectivity index (χ4v) is 1.88. The maximum atomic E-state index is 11.6. The van der Waals surface area contributed by atoms with E-state index < -0.39 is 5.60 Å². The van der Waals surface area contributed by atoms with E-state index in [1.54, 1.807) is 13.2 Å². The molecule has 0 fully saturated rings. The van der Waals surface area contributed by atoms with E-state index in [1.165, 1.54) is 0 Å². The van der Waals surface area contributed by atoms with E-state index in [0.29, 0.717) is 12.2 Å². The maximum absolute atomic E-state index is 11.6. The van der Waals surface area contributed by atoms with Gasteiger partial charge in [0, 0.05) is 18.1 Å². The molecular formula is C14H16O3. The Morgan fingerprint density at radius 1 is 1.24 bits per heavy atom. The number of hydrogen-bond donors (Lipinski definition) is 0. The van der Waals surface area contributed by atoms with Gasteiger partial charge in [-0.3, -0.25) is 4.79 Å². The van der Waals surface area contributed by atoms with Gasteiger partial charge in [0.15, 0.2) is 5.78 Å². The highest BCUT2D eigenvalue weighted by atomic mass is 16.5. The Balaban J connectivity index is 2.29. The van der Waals surface area contributed by atoms with Crippen LogP contribution in [0.15, 0.2) is 30.3 Å². The molecule has 17 heavy (non-hydrogen) atoms. The van der Waals surface area contributed by atoms with Crippen molar-refractivity contribution >= 4 is 11.5 Å². The zero-order valence-corrected chi connectivity index (χ0v) is 10.3. The van der Waals surface area contributed by atoms with Crippen molar-refractivity contribution in [2.75, 3.05) is 7.11 Å². The molecule has 0 amide bonds. The van der Waals surface area contributed by atoms with Gasteiger partial charge in [0.2, 0.25) is 0 Å². The molecule has 1 aliphatic heterocycles. The number of hydrogen-bond acceptors (Lipinski definition) is 3. The molecule has 3 nitrogen and oxygen atoms in total. The summed E-state index contributed by atoms with van der Waals surface area (Å²) in [6.45, 7) is 3.84. The summed E-state index contributed by atoms with van der Waals surface area (Å²) in [6, 6.07) is 7.48. The number of carbonyl (C=O) groups excluding carboxylic acids is 1. The smallest absolute Gasteiger partial charge is 0.163 e. The molecule has 0 saturated heterocycles. The summed E-state index contributed by atoms with van der Waals surface area (Å²) in [7, 11) is 1.62. The lowest BCUT2D eigenvalue weighted by molar-refractivity contribution is -0.119. The summed E-state index contributed by atoms with van der Waals surface area (Å²) in [6.07, 6.45) is 1.99. The summed E-state index contributed by atoms with van der Waals surface area (Å²) in [5.74, 6) is 1.52. The zero-order chi connectivity index (χ0) is 12.5. The van der Waals surface area contributed by atoms with Crippen molar-refractivity contribution in [2.45, 2.75) is 25.9 Å². The molecule has 0 saturated carbocycles. The Morgan fingerprint density at radius 3 is 2.41 bits per heavy atom. The highest BCUT2D eigenvalue weighted by molar-refractivity contribution is 5.97. The van der Waals surface area contributed by atoms with Crippen LogP contribution in [0, 0.1) is 0 Å². The third-order valence-corrected chi connectivity index (χ3v) is 2.65. The van der Waals surface area contributed by atoms with Crippen LogP contribution in [-0.2, 0) is 9.53 Å². The summed E-state index contributed by atoms with van der Waals surface area (Å²) < 4.78 is 10.9. The summed E-state index contributed by atoms with van der Waals surface area (Å²) in [4.78, 5) is 11.6. The first-order valence-electron chi connectivity index (χ1n) is 5.58. The fourth-order valence-electron chi connectivity index (χ4n) is 1.88. The molecule has 1 aromatic carbocycles. The molecule has 0 unspecified atom stereocenters. The van der Waals surface area contributed by atoms with Crippen molar-refractivity contribution in [1.29, 1.82) is 0 Å². The van der Waals surface area contributed by atoms with Crippen LogP contribution in [0.2, 0.25) is 0 Å². The van der Waals surface area contributed by atoms with Gasteiger partial charge in [-0.2, -0.15) is 0 Å². The van der Waals surface area contributed by atoms with E-state index in [2.05, 4.69) is 0 Å². The largest absolute Gasteiger partial charge is 0.497 e. The number of benzene rings is 1. The number of rotatable bonds is 2. The van der Waals surface area contributed by atoms with Crippen LogP contribution in [0.4, 0.5) is 0 Å².